The molecule has 5 heteroatoms. The van der Waals surface area contributed by atoms with Crippen molar-refractivity contribution in [3.05, 3.63) is 17.5 Å². The zero-order valence-electron chi connectivity index (χ0n) is 8.45. The molecule has 14 heavy (non-hydrogen) atoms. The molecule has 0 saturated carbocycles. The Balaban J connectivity index is 1.94. The molecule has 1 aromatic heterocycles. The van der Waals surface area contributed by atoms with Crippen LogP contribution >= 0.6 is 11.8 Å². The number of nitrogens with zero attached hydrogens (tertiary/aromatic N) is 3. The van der Waals surface area contributed by atoms with Crippen molar-refractivity contribution in [2.45, 2.75) is 13.5 Å². The maximum atomic E-state index is 4.33. The van der Waals surface area contributed by atoms with Gasteiger partial charge in [0.15, 0.2) is 5.17 Å². The maximum absolute atomic E-state index is 4.33. The first-order chi connectivity index (χ1) is 6.75. The monoisotopic (exact) mass is 210 g/mol. The highest BCUT2D eigenvalue weighted by Gasteiger charge is 2.08. The molecule has 0 bridgehead atoms. The summed E-state index contributed by atoms with van der Waals surface area (Å²) < 4.78 is 1.84. The smallest absolute Gasteiger partial charge is 0.156 e. The standard InChI is InChI=1S/C9H14N4S/c1-7-8(6-13(2)12-7)5-11-9-10-3-4-14-9/h6H,3-5H2,1-2H3,(H,10,11). The molecule has 1 aromatic rings. The molecule has 2 rings (SSSR count). The summed E-state index contributed by atoms with van der Waals surface area (Å²) in [6.07, 6.45) is 2.04. The highest BCUT2D eigenvalue weighted by molar-refractivity contribution is 8.14. The van der Waals surface area contributed by atoms with Crippen LogP contribution in [0, 0.1) is 6.92 Å². The maximum Gasteiger partial charge on any atom is 0.156 e. The van der Waals surface area contributed by atoms with E-state index in [1.807, 2.05) is 24.9 Å². The lowest BCUT2D eigenvalue weighted by Crippen LogP contribution is -2.18. The third-order valence-electron chi connectivity index (χ3n) is 2.13. The van der Waals surface area contributed by atoms with Gasteiger partial charge in [0.05, 0.1) is 12.2 Å². The Kier molecular flexibility index (Phi) is 2.77. The minimum atomic E-state index is 0.825. The molecular formula is C9H14N4S. The number of rotatable bonds is 2. The van der Waals surface area contributed by atoms with Gasteiger partial charge in [0.25, 0.3) is 0 Å². The van der Waals surface area contributed by atoms with Crippen LogP contribution in [0.4, 0.5) is 0 Å². The second-order valence-electron chi connectivity index (χ2n) is 3.30. The molecule has 1 N–H and O–H groups in total. The lowest BCUT2D eigenvalue weighted by Gasteiger charge is -2.02. The van der Waals surface area contributed by atoms with Crippen LogP contribution in [0.2, 0.25) is 0 Å². The number of aromatic nitrogens is 2. The van der Waals surface area contributed by atoms with E-state index in [2.05, 4.69) is 15.4 Å². The van der Waals surface area contributed by atoms with E-state index >= 15 is 0 Å². The van der Waals surface area contributed by atoms with Gasteiger partial charge < -0.3 is 5.32 Å². The molecule has 0 amide bonds. The quantitative estimate of drug-likeness (QED) is 0.789. The van der Waals surface area contributed by atoms with Crippen LogP contribution in [0.3, 0.4) is 0 Å². The van der Waals surface area contributed by atoms with E-state index in [1.54, 1.807) is 11.8 Å². The summed E-state index contributed by atoms with van der Waals surface area (Å²) in [7, 11) is 1.94. The molecule has 0 atom stereocenters. The Hall–Kier alpha value is -0.970. The first kappa shape index (κ1) is 9.58. The van der Waals surface area contributed by atoms with E-state index < -0.39 is 0 Å². The van der Waals surface area contributed by atoms with E-state index in [1.165, 1.54) is 5.56 Å². The first-order valence-electron chi connectivity index (χ1n) is 4.66. The van der Waals surface area contributed by atoms with Gasteiger partial charge in [-0.25, -0.2) is 0 Å². The van der Waals surface area contributed by atoms with Crippen molar-refractivity contribution >= 4 is 16.9 Å². The number of hydrogen-bond donors (Lipinski definition) is 1. The molecule has 0 fully saturated rings. The molecule has 1 aliphatic rings. The predicted octanol–water partition coefficient (Wildman–Crippen LogP) is 0.921. The molecule has 0 spiro atoms. The van der Waals surface area contributed by atoms with Crippen molar-refractivity contribution in [2.75, 3.05) is 12.3 Å². The largest absolute Gasteiger partial charge is 0.361 e. The van der Waals surface area contributed by atoms with Gasteiger partial charge in [-0.05, 0) is 6.92 Å². The molecule has 1 aliphatic heterocycles. The Morgan fingerprint density at radius 1 is 1.64 bits per heavy atom. The van der Waals surface area contributed by atoms with Crippen LogP contribution in [0.5, 0.6) is 0 Å². The fourth-order valence-corrected chi connectivity index (χ4v) is 2.17. The summed E-state index contributed by atoms with van der Waals surface area (Å²) >= 11 is 1.79. The van der Waals surface area contributed by atoms with Gasteiger partial charge in [-0.1, -0.05) is 11.8 Å². The summed E-state index contributed by atoms with van der Waals surface area (Å²) in [6, 6.07) is 0. The fraction of sp³-hybridized carbons (Fsp3) is 0.556. The Morgan fingerprint density at radius 3 is 3.07 bits per heavy atom. The molecule has 0 radical (unpaired) electrons. The predicted molar refractivity (Wildman–Crippen MR) is 59.5 cm³/mol. The second kappa shape index (κ2) is 4.04. The zero-order chi connectivity index (χ0) is 9.97. The van der Waals surface area contributed by atoms with Crippen LogP contribution in [0.15, 0.2) is 11.2 Å². The molecule has 0 aromatic carbocycles. The molecule has 0 saturated heterocycles. The molecular weight excluding hydrogens is 196 g/mol. The lowest BCUT2D eigenvalue weighted by molar-refractivity contribution is 0.756. The third-order valence-corrected chi connectivity index (χ3v) is 3.06. The van der Waals surface area contributed by atoms with Gasteiger partial charge in [-0.15, -0.1) is 0 Å². The highest BCUT2D eigenvalue weighted by Crippen LogP contribution is 2.10. The highest BCUT2D eigenvalue weighted by atomic mass is 32.2. The molecule has 0 aliphatic carbocycles. The Morgan fingerprint density at radius 2 is 2.50 bits per heavy atom. The summed E-state index contributed by atoms with van der Waals surface area (Å²) in [5.41, 5.74) is 2.33. The average molecular weight is 210 g/mol. The van der Waals surface area contributed by atoms with Gasteiger partial charge in [-0.2, -0.15) is 5.10 Å². The van der Waals surface area contributed by atoms with Gasteiger partial charge in [-0.3, -0.25) is 9.67 Å². The number of hydrogen-bond acceptors (Lipinski definition) is 4. The van der Waals surface area contributed by atoms with Crippen LogP contribution < -0.4 is 5.32 Å². The minimum absolute atomic E-state index is 0.825. The SMILES string of the molecule is Cc1nn(C)cc1CNC1=NCCS1. The van der Waals surface area contributed by atoms with Gasteiger partial charge in [0, 0.05) is 31.1 Å². The van der Waals surface area contributed by atoms with E-state index in [4.69, 9.17) is 0 Å². The fourth-order valence-electron chi connectivity index (χ4n) is 1.44. The number of nitrogens with one attached hydrogen (secondary N) is 1. The number of aryl methyl sites for hydroxylation is 2. The van der Waals surface area contributed by atoms with Crippen molar-refractivity contribution in [1.82, 2.24) is 15.1 Å². The minimum Gasteiger partial charge on any atom is -0.361 e. The van der Waals surface area contributed by atoms with Crippen LogP contribution in [-0.4, -0.2) is 27.2 Å². The van der Waals surface area contributed by atoms with Crippen LogP contribution in [0.1, 0.15) is 11.3 Å². The van der Waals surface area contributed by atoms with E-state index in [0.717, 1.165) is 29.7 Å². The van der Waals surface area contributed by atoms with Crippen molar-refractivity contribution in [1.29, 1.82) is 0 Å². The van der Waals surface area contributed by atoms with Crippen molar-refractivity contribution in [3.63, 3.8) is 0 Å². The zero-order valence-corrected chi connectivity index (χ0v) is 9.27. The summed E-state index contributed by atoms with van der Waals surface area (Å²) in [4.78, 5) is 4.33. The summed E-state index contributed by atoms with van der Waals surface area (Å²) in [6.45, 7) is 3.80. The van der Waals surface area contributed by atoms with Crippen molar-refractivity contribution in [3.8, 4) is 0 Å². The normalized spacial score (nSPS) is 15.7. The molecule has 76 valence electrons. The van der Waals surface area contributed by atoms with Crippen LogP contribution in [-0.2, 0) is 13.6 Å². The van der Waals surface area contributed by atoms with Crippen LogP contribution in [0.25, 0.3) is 0 Å². The first-order valence-corrected chi connectivity index (χ1v) is 5.64. The topological polar surface area (TPSA) is 42.2 Å². The summed E-state index contributed by atoms with van der Waals surface area (Å²) in [5, 5.41) is 8.66. The average Bonchev–Trinajstić information content (AvgIpc) is 2.72. The number of thioether (sulfide) groups is 1. The second-order valence-corrected chi connectivity index (χ2v) is 4.39. The van der Waals surface area contributed by atoms with Crippen molar-refractivity contribution in [2.24, 2.45) is 12.0 Å². The molecule has 2 heterocycles. The third kappa shape index (κ3) is 2.09. The number of aliphatic imine (C=N–C) groups is 1. The lowest BCUT2D eigenvalue weighted by atomic mass is 10.3. The Bertz CT molecular complexity index is 356. The summed E-state index contributed by atoms with van der Waals surface area (Å²) in [5.74, 6) is 1.11. The van der Waals surface area contributed by atoms with E-state index in [-0.39, 0.29) is 0 Å². The van der Waals surface area contributed by atoms with E-state index in [0.29, 0.717) is 0 Å². The Labute approximate surface area is 87.8 Å². The van der Waals surface area contributed by atoms with Gasteiger partial charge in [0.1, 0.15) is 0 Å². The van der Waals surface area contributed by atoms with Gasteiger partial charge >= 0.3 is 0 Å². The van der Waals surface area contributed by atoms with Gasteiger partial charge in [0.2, 0.25) is 0 Å². The molecule has 4 nitrogen and oxygen atoms in total. The van der Waals surface area contributed by atoms with Crippen molar-refractivity contribution < 1.29 is 0 Å². The van der Waals surface area contributed by atoms with E-state index in [9.17, 15) is 0 Å². The molecule has 0 unspecified atom stereocenters. The number of amidine groups is 1.